The number of carbonyl (C=O) groups is 1. The second-order valence-corrected chi connectivity index (χ2v) is 5.57. The molecule has 0 bridgehead atoms. The average Bonchev–Trinajstić information content (AvgIpc) is 2.53. The highest BCUT2D eigenvalue weighted by atomic mass is 16.5. The van der Waals surface area contributed by atoms with E-state index in [2.05, 4.69) is 6.07 Å². The Hall–Kier alpha value is -1.55. The lowest BCUT2D eigenvalue weighted by Gasteiger charge is -2.36. The molecule has 1 aliphatic carbocycles. The number of methoxy groups -OCH3 is 1. The lowest BCUT2D eigenvalue weighted by Crippen LogP contribution is -2.48. The minimum atomic E-state index is -1.39. The van der Waals surface area contributed by atoms with Crippen LogP contribution in [-0.4, -0.2) is 30.4 Å². The predicted octanol–water partition coefficient (Wildman–Crippen LogP) is 2.50. The van der Waals surface area contributed by atoms with Crippen molar-refractivity contribution in [1.82, 2.24) is 0 Å². The topological polar surface area (TPSA) is 55.8 Å². The van der Waals surface area contributed by atoms with Gasteiger partial charge in [-0.15, -0.1) is 0 Å². The summed E-state index contributed by atoms with van der Waals surface area (Å²) in [5.74, 6) is 0.204. The van der Waals surface area contributed by atoms with Gasteiger partial charge in [-0.25, -0.2) is 4.79 Å². The summed E-state index contributed by atoms with van der Waals surface area (Å²) in [6.45, 7) is 3.88. The molecule has 0 amide bonds. The minimum Gasteiger partial charge on any atom is -0.497 e. The van der Waals surface area contributed by atoms with Crippen LogP contribution in [0.3, 0.4) is 0 Å². The first-order chi connectivity index (χ1) is 10.0. The molecule has 4 nitrogen and oxygen atoms in total. The van der Waals surface area contributed by atoms with Crippen LogP contribution in [0.15, 0.2) is 18.2 Å². The highest BCUT2D eigenvalue weighted by Crippen LogP contribution is 2.36. The molecule has 21 heavy (non-hydrogen) atoms. The maximum absolute atomic E-state index is 12.1. The Morgan fingerprint density at radius 3 is 2.76 bits per heavy atom. The Bertz CT molecular complexity index is 512. The van der Waals surface area contributed by atoms with Crippen molar-refractivity contribution >= 4 is 5.97 Å². The summed E-state index contributed by atoms with van der Waals surface area (Å²) in [5.41, 5.74) is 1.03. The molecule has 1 aromatic carbocycles. The molecule has 2 rings (SSSR count). The van der Waals surface area contributed by atoms with E-state index in [1.165, 1.54) is 5.56 Å². The van der Waals surface area contributed by atoms with Crippen molar-refractivity contribution in [3.05, 3.63) is 29.3 Å². The van der Waals surface area contributed by atoms with Crippen molar-refractivity contribution in [2.24, 2.45) is 5.92 Å². The Morgan fingerprint density at radius 2 is 2.14 bits per heavy atom. The van der Waals surface area contributed by atoms with Crippen LogP contribution in [0.1, 0.15) is 37.8 Å². The van der Waals surface area contributed by atoms with Gasteiger partial charge in [-0.1, -0.05) is 13.0 Å². The molecule has 0 saturated carbocycles. The summed E-state index contributed by atoms with van der Waals surface area (Å²) in [4.78, 5) is 12.1. The van der Waals surface area contributed by atoms with E-state index in [-0.39, 0.29) is 12.5 Å². The van der Waals surface area contributed by atoms with E-state index in [4.69, 9.17) is 9.47 Å². The third-order valence-electron chi connectivity index (χ3n) is 4.49. The van der Waals surface area contributed by atoms with Gasteiger partial charge in [0.2, 0.25) is 0 Å². The second-order valence-electron chi connectivity index (χ2n) is 5.57. The zero-order valence-electron chi connectivity index (χ0n) is 13.0. The summed E-state index contributed by atoms with van der Waals surface area (Å²) < 4.78 is 10.3. The van der Waals surface area contributed by atoms with Crippen molar-refractivity contribution in [2.45, 2.75) is 45.1 Å². The standard InChI is InChI=1S/C17H24O4/c1-4-17(19,16(18)21-5-2)14-8-6-12-7-9-15(20-3)11-13(12)10-14/h7,9,11,14,19H,4-6,8,10H2,1-3H3. The summed E-state index contributed by atoms with van der Waals surface area (Å²) in [7, 11) is 1.64. The number of hydrogen-bond acceptors (Lipinski definition) is 4. The molecule has 4 heteroatoms. The monoisotopic (exact) mass is 292 g/mol. The number of aliphatic hydroxyl groups is 1. The van der Waals surface area contributed by atoms with Crippen LogP contribution in [0.2, 0.25) is 0 Å². The molecular weight excluding hydrogens is 268 g/mol. The van der Waals surface area contributed by atoms with Crippen LogP contribution in [-0.2, 0) is 22.4 Å². The summed E-state index contributed by atoms with van der Waals surface area (Å²) in [6.07, 6.45) is 2.71. The van der Waals surface area contributed by atoms with Gasteiger partial charge < -0.3 is 14.6 Å². The zero-order valence-corrected chi connectivity index (χ0v) is 13.0. The highest BCUT2D eigenvalue weighted by molar-refractivity contribution is 5.79. The molecule has 2 atom stereocenters. The molecule has 0 aliphatic heterocycles. The van der Waals surface area contributed by atoms with Gasteiger partial charge in [0.15, 0.2) is 5.60 Å². The molecule has 1 aliphatic rings. The van der Waals surface area contributed by atoms with Gasteiger partial charge in [0, 0.05) is 5.92 Å². The lowest BCUT2D eigenvalue weighted by atomic mass is 9.73. The van der Waals surface area contributed by atoms with Crippen LogP contribution in [0.5, 0.6) is 5.75 Å². The molecule has 0 heterocycles. The Kier molecular flexibility index (Phi) is 4.88. The second kappa shape index (κ2) is 6.48. The molecule has 2 unspecified atom stereocenters. The molecule has 1 aromatic rings. The van der Waals surface area contributed by atoms with Crippen LogP contribution < -0.4 is 4.74 Å². The number of aryl methyl sites for hydroxylation is 1. The molecule has 0 fully saturated rings. The number of carbonyl (C=O) groups excluding carboxylic acids is 1. The summed E-state index contributed by atoms with van der Waals surface area (Å²) in [5, 5.41) is 10.8. The zero-order chi connectivity index (χ0) is 15.5. The van der Waals surface area contributed by atoms with Crippen LogP contribution in [0.4, 0.5) is 0 Å². The van der Waals surface area contributed by atoms with Gasteiger partial charge >= 0.3 is 5.97 Å². The smallest absolute Gasteiger partial charge is 0.338 e. The first kappa shape index (κ1) is 15.8. The average molecular weight is 292 g/mol. The number of fused-ring (bicyclic) bond motifs is 1. The molecule has 0 radical (unpaired) electrons. The van der Waals surface area contributed by atoms with Gasteiger partial charge in [-0.2, -0.15) is 0 Å². The van der Waals surface area contributed by atoms with Crippen molar-refractivity contribution < 1.29 is 19.4 Å². The Balaban J connectivity index is 2.24. The third kappa shape index (κ3) is 3.05. The fourth-order valence-electron chi connectivity index (χ4n) is 3.12. The third-order valence-corrected chi connectivity index (χ3v) is 4.49. The first-order valence-electron chi connectivity index (χ1n) is 7.60. The van der Waals surface area contributed by atoms with Gasteiger partial charge in [0.1, 0.15) is 5.75 Å². The van der Waals surface area contributed by atoms with Crippen molar-refractivity contribution in [1.29, 1.82) is 0 Å². The fourth-order valence-corrected chi connectivity index (χ4v) is 3.12. The van der Waals surface area contributed by atoms with Gasteiger partial charge in [0.05, 0.1) is 13.7 Å². The quantitative estimate of drug-likeness (QED) is 0.847. The maximum atomic E-state index is 12.1. The number of hydrogen-bond donors (Lipinski definition) is 1. The van der Waals surface area contributed by atoms with E-state index in [9.17, 15) is 9.90 Å². The largest absolute Gasteiger partial charge is 0.497 e. The van der Waals surface area contributed by atoms with Gasteiger partial charge in [0.25, 0.3) is 0 Å². The van der Waals surface area contributed by atoms with Gasteiger partial charge in [-0.05, 0) is 55.9 Å². The number of benzene rings is 1. The Morgan fingerprint density at radius 1 is 1.38 bits per heavy atom. The molecule has 1 N–H and O–H groups in total. The minimum absolute atomic E-state index is 0.110. The van der Waals surface area contributed by atoms with Crippen molar-refractivity contribution in [3.63, 3.8) is 0 Å². The lowest BCUT2D eigenvalue weighted by molar-refractivity contribution is -0.172. The molecule has 0 aromatic heterocycles. The fraction of sp³-hybridized carbons (Fsp3) is 0.588. The maximum Gasteiger partial charge on any atom is 0.338 e. The molecular formula is C17H24O4. The van der Waals surface area contributed by atoms with E-state index in [1.807, 2.05) is 19.1 Å². The Labute approximate surface area is 126 Å². The van der Waals surface area contributed by atoms with E-state index < -0.39 is 11.6 Å². The van der Waals surface area contributed by atoms with E-state index in [1.54, 1.807) is 14.0 Å². The number of esters is 1. The van der Waals surface area contributed by atoms with E-state index in [0.29, 0.717) is 12.8 Å². The summed E-state index contributed by atoms with van der Waals surface area (Å²) in [6, 6.07) is 6.03. The molecule has 0 spiro atoms. The van der Waals surface area contributed by atoms with Crippen molar-refractivity contribution in [2.75, 3.05) is 13.7 Å². The number of ether oxygens (including phenoxy) is 2. The predicted molar refractivity (Wildman–Crippen MR) is 80.4 cm³/mol. The normalized spacial score (nSPS) is 20.3. The first-order valence-corrected chi connectivity index (χ1v) is 7.60. The van der Waals surface area contributed by atoms with Gasteiger partial charge in [-0.3, -0.25) is 0 Å². The van der Waals surface area contributed by atoms with E-state index >= 15 is 0 Å². The van der Waals surface area contributed by atoms with Crippen LogP contribution in [0, 0.1) is 5.92 Å². The SMILES string of the molecule is CCOC(=O)C(O)(CC)C1CCc2ccc(OC)cc2C1. The highest BCUT2D eigenvalue weighted by Gasteiger charge is 2.44. The molecule has 0 saturated heterocycles. The van der Waals surface area contributed by atoms with Crippen LogP contribution in [0.25, 0.3) is 0 Å². The number of rotatable bonds is 5. The van der Waals surface area contributed by atoms with Crippen LogP contribution >= 0.6 is 0 Å². The summed E-state index contributed by atoms with van der Waals surface area (Å²) >= 11 is 0. The van der Waals surface area contributed by atoms with E-state index in [0.717, 1.165) is 24.2 Å². The molecule has 116 valence electrons. The van der Waals surface area contributed by atoms with Crippen molar-refractivity contribution in [3.8, 4) is 5.75 Å².